The molecule has 2 aromatic rings. The van der Waals surface area contributed by atoms with Crippen LogP contribution in [0.25, 0.3) is 6.08 Å². The van der Waals surface area contributed by atoms with Crippen LogP contribution in [-0.2, 0) is 16.1 Å². The van der Waals surface area contributed by atoms with Gasteiger partial charge in [0.05, 0.1) is 19.2 Å². The van der Waals surface area contributed by atoms with Crippen molar-refractivity contribution in [3.05, 3.63) is 53.9 Å². The summed E-state index contributed by atoms with van der Waals surface area (Å²) in [5.41, 5.74) is 1.11. The predicted octanol–water partition coefficient (Wildman–Crippen LogP) is 1.67. The van der Waals surface area contributed by atoms with Gasteiger partial charge in [0, 0.05) is 0 Å². The Morgan fingerprint density at radius 3 is 2.74 bits per heavy atom. The standard InChI is InChI=1S/C13H12FN3O2/c1-19-13(18)11(7-17-9-15-8-16-17)6-10-2-4-12(14)5-3-10/h2-6,8-9H,7H2,1H3/b11-6+. The molecule has 5 nitrogen and oxygen atoms in total. The van der Waals surface area contributed by atoms with Gasteiger partial charge >= 0.3 is 5.97 Å². The molecular formula is C13H12FN3O2. The first-order valence-electron chi connectivity index (χ1n) is 5.56. The molecule has 1 aromatic carbocycles. The molecule has 0 aliphatic rings. The van der Waals surface area contributed by atoms with Crippen LogP contribution in [0.2, 0.25) is 0 Å². The minimum Gasteiger partial charge on any atom is -0.466 e. The second kappa shape index (κ2) is 5.90. The Kier molecular flexibility index (Phi) is 4.02. The topological polar surface area (TPSA) is 57.0 Å². The van der Waals surface area contributed by atoms with E-state index in [0.29, 0.717) is 11.1 Å². The quantitative estimate of drug-likeness (QED) is 0.620. The van der Waals surface area contributed by atoms with E-state index in [4.69, 9.17) is 4.74 Å². The summed E-state index contributed by atoms with van der Waals surface area (Å²) in [6, 6.07) is 5.83. The molecule has 2 rings (SSSR count). The van der Waals surface area contributed by atoms with E-state index in [1.807, 2.05) is 0 Å². The highest BCUT2D eigenvalue weighted by molar-refractivity contribution is 5.93. The third kappa shape index (κ3) is 3.48. The molecule has 0 saturated heterocycles. The summed E-state index contributed by atoms with van der Waals surface area (Å²) in [7, 11) is 1.31. The normalized spacial score (nSPS) is 11.4. The summed E-state index contributed by atoms with van der Waals surface area (Å²) >= 11 is 0. The molecule has 0 atom stereocenters. The lowest BCUT2D eigenvalue weighted by molar-refractivity contribution is -0.136. The molecule has 19 heavy (non-hydrogen) atoms. The number of hydrogen-bond acceptors (Lipinski definition) is 4. The lowest BCUT2D eigenvalue weighted by atomic mass is 10.1. The maximum atomic E-state index is 12.8. The Balaban J connectivity index is 2.26. The van der Waals surface area contributed by atoms with E-state index in [9.17, 15) is 9.18 Å². The SMILES string of the molecule is COC(=O)/C(=C/c1ccc(F)cc1)Cn1cncn1. The van der Waals surface area contributed by atoms with Gasteiger partial charge in [-0.3, -0.25) is 0 Å². The Morgan fingerprint density at radius 1 is 1.42 bits per heavy atom. The van der Waals surface area contributed by atoms with E-state index < -0.39 is 5.97 Å². The van der Waals surface area contributed by atoms with E-state index in [1.54, 1.807) is 18.2 Å². The number of halogens is 1. The van der Waals surface area contributed by atoms with Crippen molar-refractivity contribution in [3.63, 3.8) is 0 Å². The molecule has 0 amide bonds. The molecule has 0 aliphatic heterocycles. The number of esters is 1. The van der Waals surface area contributed by atoms with Gasteiger partial charge in [-0.25, -0.2) is 18.9 Å². The highest BCUT2D eigenvalue weighted by atomic mass is 19.1. The molecule has 0 radical (unpaired) electrons. The first kappa shape index (κ1) is 12.9. The molecule has 0 fully saturated rings. The lowest BCUT2D eigenvalue weighted by Crippen LogP contribution is -2.12. The van der Waals surface area contributed by atoms with Gasteiger partial charge in [-0.15, -0.1) is 0 Å². The number of ether oxygens (including phenoxy) is 1. The molecule has 1 heterocycles. The average molecular weight is 261 g/mol. The van der Waals surface area contributed by atoms with Crippen molar-refractivity contribution in [3.8, 4) is 0 Å². The van der Waals surface area contributed by atoms with Crippen LogP contribution in [0.3, 0.4) is 0 Å². The van der Waals surface area contributed by atoms with Crippen molar-refractivity contribution in [2.24, 2.45) is 0 Å². The highest BCUT2D eigenvalue weighted by Gasteiger charge is 2.11. The predicted molar refractivity (Wildman–Crippen MR) is 66.4 cm³/mol. The average Bonchev–Trinajstić information content (AvgIpc) is 2.92. The first-order chi connectivity index (χ1) is 9.19. The Labute approximate surface area is 109 Å². The number of methoxy groups -OCH3 is 1. The van der Waals surface area contributed by atoms with Gasteiger partial charge in [-0.2, -0.15) is 5.10 Å². The highest BCUT2D eigenvalue weighted by Crippen LogP contribution is 2.11. The number of aromatic nitrogens is 3. The fourth-order valence-corrected chi connectivity index (χ4v) is 1.55. The molecule has 0 aliphatic carbocycles. The second-order valence-corrected chi connectivity index (χ2v) is 3.81. The largest absolute Gasteiger partial charge is 0.466 e. The number of rotatable bonds is 4. The molecule has 6 heteroatoms. The number of carbonyl (C=O) groups excluding carboxylic acids is 1. The second-order valence-electron chi connectivity index (χ2n) is 3.81. The van der Waals surface area contributed by atoms with Gasteiger partial charge < -0.3 is 4.74 Å². The van der Waals surface area contributed by atoms with E-state index in [2.05, 4.69) is 10.1 Å². The molecular weight excluding hydrogens is 249 g/mol. The molecule has 1 aromatic heterocycles. The van der Waals surface area contributed by atoms with Crippen LogP contribution in [0, 0.1) is 5.82 Å². The fraction of sp³-hybridized carbons (Fsp3) is 0.154. The smallest absolute Gasteiger partial charge is 0.335 e. The Bertz CT molecular complexity index is 576. The summed E-state index contributed by atoms with van der Waals surface area (Å²) in [6.07, 6.45) is 4.52. The van der Waals surface area contributed by atoms with Crippen molar-refractivity contribution in [1.29, 1.82) is 0 Å². The van der Waals surface area contributed by atoms with Crippen molar-refractivity contribution in [1.82, 2.24) is 14.8 Å². The summed E-state index contributed by atoms with van der Waals surface area (Å²) in [5, 5.41) is 3.93. The zero-order valence-corrected chi connectivity index (χ0v) is 10.3. The maximum absolute atomic E-state index is 12.8. The van der Waals surface area contributed by atoms with Crippen LogP contribution in [-0.4, -0.2) is 27.8 Å². The molecule has 0 spiro atoms. The third-order valence-corrected chi connectivity index (χ3v) is 2.46. The summed E-state index contributed by atoms with van der Waals surface area (Å²) in [6.45, 7) is 0.240. The number of benzene rings is 1. The van der Waals surface area contributed by atoms with Gasteiger partial charge in [-0.05, 0) is 23.8 Å². The third-order valence-electron chi connectivity index (χ3n) is 2.46. The number of carbonyl (C=O) groups is 1. The lowest BCUT2D eigenvalue weighted by Gasteiger charge is -2.05. The summed E-state index contributed by atoms with van der Waals surface area (Å²) in [4.78, 5) is 15.5. The zero-order chi connectivity index (χ0) is 13.7. The maximum Gasteiger partial charge on any atom is 0.335 e. The van der Waals surface area contributed by atoms with E-state index in [0.717, 1.165) is 0 Å². The Morgan fingerprint density at radius 2 is 2.16 bits per heavy atom. The Hall–Kier alpha value is -2.50. The van der Waals surface area contributed by atoms with Gasteiger partial charge in [0.15, 0.2) is 0 Å². The van der Waals surface area contributed by atoms with E-state index >= 15 is 0 Å². The van der Waals surface area contributed by atoms with Crippen molar-refractivity contribution in [2.45, 2.75) is 6.54 Å². The fourth-order valence-electron chi connectivity index (χ4n) is 1.55. The van der Waals surface area contributed by atoms with E-state index in [-0.39, 0.29) is 12.4 Å². The van der Waals surface area contributed by atoms with E-state index in [1.165, 1.54) is 36.6 Å². The zero-order valence-electron chi connectivity index (χ0n) is 10.3. The number of hydrogen-bond donors (Lipinski definition) is 0. The molecule has 98 valence electrons. The molecule has 0 N–H and O–H groups in total. The van der Waals surface area contributed by atoms with Crippen molar-refractivity contribution < 1.29 is 13.9 Å². The van der Waals surface area contributed by atoms with Gasteiger partial charge in [0.2, 0.25) is 0 Å². The van der Waals surface area contributed by atoms with Crippen LogP contribution in [0.5, 0.6) is 0 Å². The summed E-state index contributed by atoms with van der Waals surface area (Å²) < 4.78 is 19.0. The van der Waals surface area contributed by atoms with Crippen molar-refractivity contribution in [2.75, 3.05) is 7.11 Å². The van der Waals surface area contributed by atoms with Crippen LogP contribution < -0.4 is 0 Å². The minimum absolute atomic E-state index is 0.240. The summed E-state index contributed by atoms with van der Waals surface area (Å²) in [5.74, 6) is -0.784. The van der Waals surface area contributed by atoms with Crippen LogP contribution in [0.4, 0.5) is 4.39 Å². The molecule has 0 saturated carbocycles. The first-order valence-corrected chi connectivity index (χ1v) is 5.56. The minimum atomic E-state index is -0.458. The van der Waals surface area contributed by atoms with Gasteiger partial charge in [0.1, 0.15) is 18.5 Å². The number of nitrogens with zero attached hydrogens (tertiary/aromatic N) is 3. The van der Waals surface area contributed by atoms with Crippen molar-refractivity contribution >= 4 is 12.0 Å². The monoisotopic (exact) mass is 261 g/mol. The van der Waals surface area contributed by atoms with Crippen LogP contribution in [0.15, 0.2) is 42.5 Å². The van der Waals surface area contributed by atoms with Crippen LogP contribution >= 0.6 is 0 Å². The van der Waals surface area contributed by atoms with Gasteiger partial charge in [-0.1, -0.05) is 12.1 Å². The van der Waals surface area contributed by atoms with Crippen LogP contribution in [0.1, 0.15) is 5.56 Å². The molecule has 0 unspecified atom stereocenters. The molecule has 0 bridgehead atoms. The van der Waals surface area contributed by atoms with Gasteiger partial charge in [0.25, 0.3) is 0 Å².